The summed E-state index contributed by atoms with van der Waals surface area (Å²) in [6.07, 6.45) is 2.27. The molecule has 1 saturated heterocycles. The molecule has 1 aliphatic rings. The smallest absolute Gasteiger partial charge is 0.261 e. The number of rotatable bonds is 3. The van der Waals surface area contributed by atoms with E-state index in [0.717, 1.165) is 37.4 Å². The van der Waals surface area contributed by atoms with Gasteiger partial charge in [0.2, 0.25) is 0 Å². The average Bonchev–Trinajstić information content (AvgIpc) is 2.80. The molecule has 0 bridgehead atoms. The summed E-state index contributed by atoms with van der Waals surface area (Å²) in [5, 5.41) is 8.32. The van der Waals surface area contributed by atoms with Crippen LogP contribution in [0.15, 0.2) is 17.5 Å². The van der Waals surface area contributed by atoms with E-state index < -0.39 is 0 Å². The van der Waals surface area contributed by atoms with Crippen molar-refractivity contribution in [2.45, 2.75) is 19.8 Å². The van der Waals surface area contributed by atoms with Gasteiger partial charge >= 0.3 is 0 Å². The van der Waals surface area contributed by atoms with E-state index >= 15 is 0 Å². The lowest BCUT2D eigenvalue weighted by Gasteiger charge is -2.34. The molecule has 1 amide bonds. The quantitative estimate of drug-likeness (QED) is 0.888. The van der Waals surface area contributed by atoms with Crippen LogP contribution >= 0.6 is 23.7 Å². The highest BCUT2D eigenvalue weighted by Crippen LogP contribution is 2.26. The standard InChI is InChI=1S/C12H18N2OS.ClH/c1-12(4-6-13-7-5-12)9-14-11(15)10-3-2-8-16-10;/h2-3,8,13H,4-7,9H2,1H3,(H,14,15);1H. The molecule has 1 fully saturated rings. The topological polar surface area (TPSA) is 41.1 Å². The molecule has 2 rings (SSSR count). The number of halogens is 1. The Kier molecular flexibility index (Phi) is 5.43. The van der Waals surface area contributed by atoms with Crippen LogP contribution in [-0.2, 0) is 0 Å². The number of carbonyl (C=O) groups excluding carboxylic acids is 1. The van der Waals surface area contributed by atoms with Gasteiger partial charge in [0.25, 0.3) is 5.91 Å². The summed E-state index contributed by atoms with van der Waals surface area (Å²) < 4.78 is 0. The zero-order valence-corrected chi connectivity index (χ0v) is 11.6. The first-order chi connectivity index (χ1) is 7.70. The Morgan fingerprint density at radius 2 is 2.24 bits per heavy atom. The minimum Gasteiger partial charge on any atom is -0.351 e. The predicted molar refractivity (Wildman–Crippen MR) is 74.1 cm³/mol. The van der Waals surface area contributed by atoms with Gasteiger partial charge in [0.1, 0.15) is 0 Å². The van der Waals surface area contributed by atoms with Crippen molar-refractivity contribution in [1.29, 1.82) is 0 Å². The largest absolute Gasteiger partial charge is 0.351 e. The molecule has 17 heavy (non-hydrogen) atoms. The predicted octanol–water partition coefficient (Wildman–Crippen LogP) is 2.29. The van der Waals surface area contributed by atoms with Crippen molar-refractivity contribution < 1.29 is 4.79 Å². The second kappa shape index (κ2) is 6.38. The van der Waals surface area contributed by atoms with E-state index in [1.54, 1.807) is 0 Å². The molecular weight excluding hydrogens is 256 g/mol. The van der Waals surface area contributed by atoms with Crippen LogP contribution in [0.25, 0.3) is 0 Å². The minimum absolute atomic E-state index is 0. The Balaban J connectivity index is 0.00000144. The Morgan fingerprint density at radius 1 is 1.53 bits per heavy atom. The van der Waals surface area contributed by atoms with Crippen LogP contribution in [0.1, 0.15) is 29.4 Å². The van der Waals surface area contributed by atoms with Gasteiger partial charge in [-0.3, -0.25) is 4.79 Å². The molecule has 1 aromatic heterocycles. The molecule has 0 saturated carbocycles. The van der Waals surface area contributed by atoms with Crippen molar-refractivity contribution in [2.24, 2.45) is 5.41 Å². The lowest BCUT2D eigenvalue weighted by Crippen LogP contribution is -2.42. The van der Waals surface area contributed by atoms with Crippen molar-refractivity contribution in [2.75, 3.05) is 19.6 Å². The Bertz CT molecular complexity index is 347. The molecule has 0 aliphatic carbocycles. The molecule has 2 heterocycles. The van der Waals surface area contributed by atoms with E-state index in [0.29, 0.717) is 0 Å². The molecule has 1 aromatic rings. The van der Waals surface area contributed by atoms with Gasteiger partial charge in [0, 0.05) is 6.54 Å². The van der Waals surface area contributed by atoms with Crippen LogP contribution in [0.5, 0.6) is 0 Å². The molecule has 96 valence electrons. The van der Waals surface area contributed by atoms with E-state index in [1.807, 2.05) is 17.5 Å². The number of hydrogen-bond donors (Lipinski definition) is 2. The van der Waals surface area contributed by atoms with E-state index in [2.05, 4.69) is 17.6 Å². The zero-order valence-electron chi connectivity index (χ0n) is 9.99. The second-order valence-electron chi connectivity index (χ2n) is 4.72. The maximum Gasteiger partial charge on any atom is 0.261 e. The fourth-order valence-corrected chi connectivity index (χ4v) is 2.64. The van der Waals surface area contributed by atoms with Crippen LogP contribution < -0.4 is 10.6 Å². The lowest BCUT2D eigenvalue weighted by molar-refractivity contribution is 0.0926. The molecule has 0 aromatic carbocycles. The van der Waals surface area contributed by atoms with Gasteiger partial charge in [-0.15, -0.1) is 23.7 Å². The minimum atomic E-state index is 0. The number of hydrogen-bond acceptors (Lipinski definition) is 3. The molecule has 1 aliphatic heterocycles. The molecule has 0 atom stereocenters. The molecule has 0 unspecified atom stereocenters. The van der Waals surface area contributed by atoms with Crippen molar-refractivity contribution in [3.05, 3.63) is 22.4 Å². The SMILES string of the molecule is CC1(CNC(=O)c2cccs2)CCNCC1.Cl. The maximum absolute atomic E-state index is 11.8. The summed E-state index contributed by atoms with van der Waals surface area (Å²) in [4.78, 5) is 12.6. The van der Waals surface area contributed by atoms with Gasteiger partial charge < -0.3 is 10.6 Å². The monoisotopic (exact) mass is 274 g/mol. The normalized spacial score (nSPS) is 18.2. The number of piperidine rings is 1. The first-order valence-electron chi connectivity index (χ1n) is 5.72. The molecule has 2 N–H and O–H groups in total. The second-order valence-corrected chi connectivity index (χ2v) is 5.67. The number of carbonyl (C=O) groups is 1. The van der Waals surface area contributed by atoms with Gasteiger partial charge in [0.05, 0.1) is 4.88 Å². The molecular formula is C12H19ClN2OS. The number of thiophene rings is 1. The van der Waals surface area contributed by atoms with Crippen LogP contribution in [0.2, 0.25) is 0 Å². The fraction of sp³-hybridized carbons (Fsp3) is 0.583. The van der Waals surface area contributed by atoms with E-state index in [4.69, 9.17) is 0 Å². The Hall–Kier alpha value is -0.580. The van der Waals surface area contributed by atoms with E-state index in [9.17, 15) is 4.79 Å². The average molecular weight is 275 g/mol. The van der Waals surface area contributed by atoms with E-state index in [1.165, 1.54) is 11.3 Å². The van der Waals surface area contributed by atoms with Crippen LogP contribution in [0.4, 0.5) is 0 Å². The summed E-state index contributed by atoms with van der Waals surface area (Å²) in [6, 6.07) is 3.77. The summed E-state index contributed by atoms with van der Waals surface area (Å²) in [5.41, 5.74) is 0.262. The lowest BCUT2D eigenvalue weighted by atomic mass is 9.81. The maximum atomic E-state index is 11.8. The molecule has 5 heteroatoms. The van der Waals surface area contributed by atoms with Gasteiger partial charge in [0.15, 0.2) is 0 Å². The van der Waals surface area contributed by atoms with Crippen molar-refractivity contribution in [1.82, 2.24) is 10.6 Å². The first-order valence-corrected chi connectivity index (χ1v) is 6.60. The molecule has 0 radical (unpaired) electrons. The van der Waals surface area contributed by atoms with Gasteiger partial charge in [-0.25, -0.2) is 0 Å². The van der Waals surface area contributed by atoms with Crippen molar-refractivity contribution in [3.63, 3.8) is 0 Å². The number of nitrogens with one attached hydrogen (secondary N) is 2. The van der Waals surface area contributed by atoms with Crippen LogP contribution in [0.3, 0.4) is 0 Å². The number of amides is 1. The summed E-state index contributed by atoms with van der Waals surface area (Å²) >= 11 is 1.49. The third-order valence-electron chi connectivity index (χ3n) is 3.23. The fourth-order valence-electron chi connectivity index (χ4n) is 2.00. The van der Waals surface area contributed by atoms with Crippen LogP contribution in [0, 0.1) is 5.41 Å². The Morgan fingerprint density at radius 3 is 2.82 bits per heavy atom. The first kappa shape index (κ1) is 14.5. The van der Waals surface area contributed by atoms with Gasteiger partial charge in [-0.2, -0.15) is 0 Å². The van der Waals surface area contributed by atoms with Crippen molar-refractivity contribution in [3.8, 4) is 0 Å². The Labute approximate surface area is 112 Å². The third-order valence-corrected chi connectivity index (χ3v) is 4.10. The van der Waals surface area contributed by atoms with Gasteiger partial charge in [-0.05, 0) is 42.8 Å². The summed E-state index contributed by atoms with van der Waals surface area (Å²) in [5.74, 6) is 0.0646. The highest BCUT2D eigenvalue weighted by atomic mass is 35.5. The summed E-state index contributed by atoms with van der Waals surface area (Å²) in [6.45, 7) is 5.16. The zero-order chi connectivity index (χ0) is 11.4. The highest BCUT2D eigenvalue weighted by Gasteiger charge is 2.27. The molecule has 0 spiro atoms. The third kappa shape index (κ3) is 3.98. The van der Waals surface area contributed by atoms with E-state index in [-0.39, 0.29) is 23.7 Å². The molecule has 3 nitrogen and oxygen atoms in total. The van der Waals surface area contributed by atoms with Crippen molar-refractivity contribution >= 4 is 29.7 Å². The van der Waals surface area contributed by atoms with Gasteiger partial charge in [-0.1, -0.05) is 13.0 Å². The summed E-state index contributed by atoms with van der Waals surface area (Å²) in [7, 11) is 0. The van der Waals surface area contributed by atoms with Crippen LogP contribution in [-0.4, -0.2) is 25.5 Å². The highest BCUT2D eigenvalue weighted by molar-refractivity contribution is 7.12.